The maximum absolute atomic E-state index is 11.1. The van der Waals surface area contributed by atoms with E-state index in [0.29, 0.717) is 6.54 Å². The van der Waals surface area contributed by atoms with Gasteiger partial charge in [0.05, 0.1) is 12.5 Å². The lowest BCUT2D eigenvalue weighted by molar-refractivity contribution is -0.253. The Morgan fingerprint density at radius 2 is 2.45 bits per heavy atom. The molecule has 1 heterocycles. The summed E-state index contributed by atoms with van der Waals surface area (Å²) in [6, 6.07) is 0. The molecule has 4 heteroatoms. The molecule has 1 rings (SSSR count). The molecule has 1 unspecified atom stereocenters. The van der Waals surface area contributed by atoms with E-state index in [1.165, 1.54) is 0 Å². The van der Waals surface area contributed by atoms with Gasteiger partial charge in [-0.2, -0.15) is 0 Å². The fourth-order valence-corrected chi connectivity index (χ4v) is 1.29. The Morgan fingerprint density at radius 1 is 1.82 bits per heavy atom. The molecule has 0 aliphatic carbocycles. The van der Waals surface area contributed by atoms with Crippen LogP contribution in [0.15, 0.2) is 0 Å². The smallest absolute Gasteiger partial charge is 0.226 e. The maximum atomic E-state index is 11.1. The van der Waals surface area contributed by atoms with Gasteiger partial charge in [0, 0.05) is 6.54 Å². The summed E-state index contributed by atoms with van der Waals surface area (Å²) >= 11 is 0. The molecule has 0 spiro atoms. The van der Waals surface area contributed by atoms with E-state index in [9.17, 15) is 4.79 Å². The predicted molar refractivity (Wildman–Crippen MR) is 38.9 cm³/mol. The minimum absolute atomic E-state index is 0.0379. The molecule has 0 aromatic rings. The average Bonchev–Trinajstić information content (AvgIpc) is 2.16. The first kappa shape index (κ1) is 8.49. The van der Waals surface area contributed by atoms with Gasteiger partial charge in [0.1, 0.15) is 0 Å². The van der Waals surface area contributed by atoms with E-state index in [2.05, 4.69) is 10.2 Å². The van der Waals surface area contributed by atoms with Crippen molar-refractivity contribution in [2.75, 3.05) is 13.2 Å². The zero-order valence-electron chi connectivity index (χ0n) is 6.76. The summed E-state index contributed by atoms with van der Waals surface area (Å²) in [6.45, 7) is 4.67. The summed E-state index contributed by atoms with van der Waals surface area (Å²) in [5.41, 5.74) is -0.111. The Balaban J connectivity index is 2.64. The van der Waals surface area contributed by atoms with E-state index in [0.717, 1.165) is 0 Å². The van der Waals surface area contributed by atoms with Crippen LogP contribution in [0.5, 0.6) is 0 Å². The highest BCUT2D eigenvalue weighted by Gasteiger charge is 2.41. The minimum atomic E-state index is -0.229. The molecule has 1 fully saturated rings. The Morgan fingerprint density at radius 3 is 2.82 bits per heavy atom. The molecule has 4 nitrogen and oxygen atoms in total. The van der Waals surface area contributed by atoms with Crippen LogP contribution in [0, 0.1) is 11.3 Å². The number of carbonyl (C=O) groups is 1. The zero-order valence-corrected chi connectivity index (χ0v) is 6.76. The summed E-state index contributed by atoms with van der Waals surface area (Å²) < 4.78 is 0. The number of rotatable bonds is 2. The van der Waals surface area contributed by atoms with Gasteiger partial charge in [0.2, 0.25) is 5.91 Å². The summed E-state index contributed by atoms with van der Waals surface area (Å²) in [7, 11) is 0. The Bertz CT molecular complexity index is 167. The van der Waals surface area contributed by atoms with Gasteiger partial charge in [-0.3, -0.25) is 10.1 Å². The first-order chi connectivity index (χ1) is 5.08. The molecule has 1 saturated heterocycles. The molecule has 1 aliphatic rings. The van der Waals surface area contributed by atoms with Crippen LogP contribution in [0.4, 0.5) is 0 Å². The number of hydrogen-bond acceptors (Lipinski definition) is 3. The van der Waals surface area contributed by atoms with E-state index in [1.54, 1.807) is 0 Å². The lowest BCUT2D eigenvalue weighted by atomic mass is 9.82. The highest BCUT2D eigenvalue weighted by molar-refractivity contribution is 5.82. The van der Waals surface area contributed by atoms with Gasteiger partial charge >= 0.3 is 0 Å². The highest BCUT2D eigenvalue weighted by atomic mass is 17.1. The Kier molecular flexibility index (Phi) is 2.15. The largest absolute Gasteiger partial charge is 0.355 e. The first-order valence-electron chi connectivity index (χ1n) is 3.62. The second-order valence-corrected chi connectivity index (χ2v) is 3.55. The zero-order chi connectivity index (χ0) is 8.48. The van der Waals surface area contributed by atoms with Crippen molar-refractivity contribution in [1.82, 2.24) is 5.32 Å². The normalized spacial score (nSPS) is 28.6. The molecule has 0 aromatic carbocycles. The molecule has 1 atom stereocenters. The van der Waals surface area contributed by atoms with E-state index in [4.69, 9.17) is 5.26 Å². The monoisotopic (exact) mass is 159 g/mol. The van der Waals surface area contributed by atoms with Crippen molar-refractivity contribution in [1.29, 1.82) is 0 Å². The lowest BCUT2D eigenvalue weighted by Crippen LogP contribution is -2.28. The van der Waals surface area contributed by atoms with Crippen LogP contribution in [0.1, 0.15) is 13.8 Å². The van der Waals surface area contributed by atoms with Crippen molar-refractivity contribution in [2.45, 2.75) is 13.8 Å². The van der Waals surface area contributed by atoms with Crippen LogP contribution in [0.3, 0.4) is 0 Å². The summed E-state index contributed by atoms with van der Waals surface area (Å²) in [5.74, 6) is -0.267. The quantitative estimate of drug-likeness (QED) is 0.448. The number of nitrogens with one attached hydrogen (secondary N) is 1. The van der Waals surface area contributed by atoms with Crippen LogP contribution in [0.2, 0.25) is 0 Å². The third kappa shape index (κ3) is 1.52. The molecule has 2 N–H and O–H groups in total. The molecule has 1 aliphatic heterocycles. The van der Waals surface area contributed by atoms with Crippen LogP contribution in [-0.4, -0.2) is 24.3 Å². The second kappa shape index (κ2) is 2.79. The van der Waals surface area contributed by atoms with Crippen molar-refractivity contribution in [3.63, 3.8) is 0 Å². The molecular formula is C7H13NO3. The predicted octanol–water partition coefficient (Wildman–Crippen LogP) is 0.248. The highest BCUT2D eigenvalue weighted by Crippen LogP contribution is 2.30. The van der Waals surface area contributed by atoms with E-state index < -0.39 is 0 Å². The van der Waals surface area contributed by atoms with Gasteiger partial charge in [-0.1, -0.05) is 13.8 Å². The van der Waals surface area contributed by atoms with Crippen LogP contribution in [0.25, 0.3) is 0 Å². The van der Waals surface area contributed by atoms with Gasteiger partial charge in [0.15, 0.2) is 0 Å². The molecule has 0 aromatic heterocycles. The summed E-state index contributed by atoms with van der Waals surface area (Å²) in [6.07, 6.45) is 0. The number of amides is 1. The molecule has 64 valence electrons. The SMILES string of the molecule is CC1(C)CNC(=O)C1COO. The molecule has 11 heavy (non-hydrogen) atoms. The fourth-order valence-electron chi connectivity index (χ4n) is 1.29. The van der Waals surface area contributed by atoms with Crippen molar-refractivity contribution in [2.24, 2.45) is 11.3 Å². The van der Waals surface area contributed by atoms with E-state index >= 15 is 0 Å². The molecule has 0 radical (unpaired) electrons. The number of carbonyl (C=O) groups excluding carboxylic acids is 1. The summed E-state index contributed by atoms with van der Waals surface area (Å²) in [4.78, 5) is 15.0. The van der Waals surface area contributed by atoms with Crippen molar-refractivity contribution in [3.05, 3.63) is 0 Å². The minimum Gasteiger partial charge on any atom is -0.355 e. The van der Waals surface area contributed by atoms with Crippen LogP contribution in [-0.2, 0) is 9.68 Å². The van der Waals surface area contributed by atoms with Gasteiger partial charge in [0.25, 0.3) is 0 Å². The fraction of sp³-hybridized carbons (Fsp3) is 0.857. The Hall–Kier alpha value is -0.610. The third-order valence-corrected chi connectivity index (χ3v) is 2.22. The second-order valence-electron chi connectivity index (χ2n) is 3.55. The van der Waals surface area contributed by atoms with Crippen molar-refractivity contribution in [3.8, 4) is 0 Å². The number of hydrogen-bond donors (Lipinski definition) is 2. The van der Waals surface area contributed by atoms with E-state index in [-0.39, 0.29) is 23.8 Å². The molecule has 1 amide bonds. The third-order valence-electron chi connectivity index (χ3n) is 2.22. The average molecular weight is 159 g/mol. The van der Waals surface area contributed by atoms with Gasteiger partial charge in [-0.15, -0.1) is 0 Å². The molecule has 0 bridgehead atoms. The van der Waals surface area contributed by atoms with Crippen LogP contribution >= 0.6 is 0 Å². The summed E-state index contributed by atoms with van der Waals surface area (Å²) in [5, 5.41) is 10.9. The van der Waals surface area contributed by atoms with Gasteiger partial charge in [-0.05, 0) is 5.41 Å². The molecule has 0 saturated carbocycles. The molecular weight excluding hydrogens is 146 g/mol. The van der Waals surface area contributed by atoms with Gasteiger partial charge < -0.3 is 5.32 Å². The topological polar surface area (TPSA) is 58.6 Å². The maximum Gasteiger partial charge on any atom is 0.226 e. The van der Waals surface area contributed by atoms with E-state index in [1.807, 2.05) is 13.8 Å². The first-order valence-corrected chi connectivity index (χ1v) is 3.62. The van der Waals surface area contributed by atoms with Crippen LogP contribution < -0.4 is 5.32 Å². The lowest BCUT2D eigenvalue weighted by Gasteiger charge is -2.21. The Labute approximate surface area is 65.5 Å². The standard InChI is InChI=1S/C7H13NO3/c1-7(2)4-8-6(9)5(7)3-11-10/h5,10H,3-4H2,1-2H3,(H,8,9). The van der Waals surface area contributed by atoms with Crippen molar-refractivity contribution < 1.29 is 14.9 Å². The van der Waals surface area contributed by atoms with Gasteiger partial charge in [-0.25, -0.2) is 4.89 Å². The van der Waals surface area contributed by atoms with Crippen molar-refractivity contribution >= 4 is 5.91 Å².